The van der Waals surface area contributed by atoms with Crippen LogP contribution in [-0.2, 0) is 6.54 Å². The average Bonchev–Trinajstić information content (AvgIpc) is 3.22. The molecule has 5 rings (SSSR count). The molecule has 0 radical (unpaired) electrons. The summed E-state index contributed by atoms with van der Waals surface area (Å²) in [5.41, 5.74) is 4.46. The molecule has 1 fully saturated rings. The fraction of sp³-hybridized carbons (Fsp3) is 0.448. The number of rotatable bonds is 5. The lowest BCUT2D eigenvalue weighted by molar-refractivity contribution is 0.150. The van der Waals surface area contributed by atoms with E-state index in [1.165, 1.54) is 24.8 Å². The van der Waals surface area contributed by atoms with Gasteiger partial charge >= 0.3 is 0 Å². The van der Waals surface area contributed by atoms with Crippen LogP contribution in [0.5, 0.6) is 5.75 Å². The molecule has 2 aliphatic carbocycles. The highest BCUT2D eigenvalue weighted by Crippen LogP contribution is 2.51. The topological polar surface area (TPSA) is 91.1 Å². The van der Waals surface area contributed by atoms with Gasteiger partial charge in [-0.05, 0) is 68.1 Å². The van der Waals surface area contributed by atoms with Gasteiger partial charge in [-0.25, -0.2) is 0 Å². The van der Waals surface area contributed by atoms with Crippen molar-refractivity contribution in [2.24, 2.45) is 23.7 Å². The minimum atomic E-state index is -0.161. The van der Waals surface area contributed by atoms with Crippen molar-refractivity contribution in [2.45, 2.75) is 52.5 Å². The Labute approximate surface area is 206 Å². The number of pyridine rings is 1. The molecule has 2 aliphatic rings. The van der Waals surface area contributed by atoms with Crippen LogP contribution in [0.3, 0.4) is 0 Å². The minimum Gasteiger partial charge on any atom is -0.508 e. The van der Waals surface area contributed by atoms with Crippen molar-refractivity contribution in [3.05, 3.63) is 70.3 Å². The fourth-order valence-corrected chi connectivity index (χ4v) is 6.55. The lowest BCUT2D eigenvalue weighted by Crippen LogP contribution is -2.36. The standard InChI is InChI=1S/C29H35N3O3/c1-4-5-22-23-14-17(2)6-11-21(23)18(3)15-24(22)27-26-28(32(31-27)12-13-33)25(16-30-29(26)35)19-7-9-20(34)10-8-19/h4-5,7-10,15-17,21-24,33-34H,6,11-14H2,1-3H3,(H,30,35)/b5-4+/t17-,21+,22+,23-,24+/m0/s1. The molecule has 0 spiro atoms. The van der Waals surface area contributed by atoms with Gasteiger partial charge in [0.1, 0.15) is 5.75 Å². The summed E-state index contributed by atoms with van der Waals surface area (Å²) in [5.74, 6) is 2.27. The normalized spacial score (nSPS) is 26.7. The van der Waals surface area contributed by atoms with E-state index >= 15 is 0 Å². The minimum absolute atomic E-state index is 0.00337. The number of phenolic OH excluding ortho intramolecular Hbond substituents is 1. The van der Waals surface area contributed by atoms with E-state index in [0.29, 0.717) is 29.7 Å². The zero-order chi connectivity index (χ0) is 24.7. The molecule has 0 bridgehead atoms. The fourth-order valence-electron chi connectivity index (χ4n) is 6.55. The number of nitrogens with zero attached hydrogens (tertiary/aromatic N) is 2. The Morgan fingerprint density at radius 1 is 1.23 bits per heavy atom. The third-order valence-electron chi connectivity index (χ3n) is 8.13. The van der Waals surface area contributed by atoms with Crippen LogP contribution in [0.1, 0.15) is 51.6 Å². The molecule has 0 amide bonds. The number of nitrogens with one attached hydrogen (secondary N) is 1. The van der Waals surface area contributed by atoms with Crippen molar-refractivity contribution < 1.29 is 10.2 Å². The quantitative estimate of drug-likeness (QED) is 0.434. The molecular weight excluding hydrogens is 438 g/mol. The number of aromatic amines is 1. The third kappa shape index (κ3) is 4.14. The Hall–Kier alpha value is -3.12. The molecule has 3 aromatic rings. The van der Waals surface area contributed by atoms with Crippen molar-refractivity contribution in [1.29, 1.82) is 0 Å². The zero-order valence-corrected chi connectivity index (χ0v) is 20.7. The zero-order valence-electron chi connectivity index (χ0n) is 20.7. The summed E-state index contributed by atoms with van der Waals surface area (Å²) in [6, 6.07) is 6.94. The predicted molar refractivity (Wildman–Crippen MR) is 139 cm³/mol. The first-order valence-corrected chi connectivity index (χ1v) is 12.8. The first-order chi connectivity index (χ1) is 16.9. The number of aliphatic hydroxyl groups excluding tert-OH is 1. The Kier molecular flexibility index (Phi) is 6.41. The number of aromatic nitrogens is 3. The van der Waals surface area contributed by atoms with Gasteiger partial charge in [-0.15, -0.1) is 0 Å². The Morgan fingerprint density at radius 2 is 2.00 bits per heavy atom. The van der Waals surface area contributed by atoms with Crippen molar-refractivity contribution >= 4 is 10.9 Å². The van der Waals surface area contributed by atoms with Crippen LogP contribution in [-0.4, -0.2) is 31.6 Å². The SMILES string of the molecule is C/C=C/[C@@H]1[C@H]2C[C@@H](C)CC[C@@H]2C(C)=C[C@H]1c1nn(CCO)c2c(-c3ccc(O)cc3)c[nH]c(=O)c12. The van der Waals surface area contributed by atoms with Crippen LogP contribution >= 0.6 is 0 Å². The van der Waals surface area contributed by atoms with Crippen LogP contribution in [0.15, 0.2) is 59.1 Å². The van der Waals surface area contributed by atoms with Crippen molar-refractivity contribution in [2.75, 3.05) is 6.61 Å². The molecular formula is C29H35N3O3. The van der Waals surface area contributed by atoms with Gasteiger partial charge in [0.05, 0.1) is 29.7 Å². The maximum atomic E-state index is 13.3. The van der Waals surface area contributed by atoms with E-state index < -0.39 is 0 Å². The number of H-pyrrole nitrogens is 1. The molecule has 2 aromatic heterocycles. The molecule has 3 N–H and O–H groups in total. The number of benzene rings is 1. The smallest absolute Gasteiger partial charge is 0.259 e. The van der Waals surface area contributed by atoms with Crippen LogP contribution in [0, 0.1) is 23.7 Å². The Morgan fingerprint density at radius 3 is 2.71 bits per heavy atom. The number of hydrogen-bond acceptors (Lipinski definition) is 4. The molecule has 0 unspecified atom stereocenters. The summed E-state index contributed by atoms with van der Waals surface area (Å²) in [6.45, 7) is 6.90. The number of aromatic hydroxyl groups is 1. The second-order valence-electron chi connectivity index (χ2n) is 10.4. The molecule has 6 nitrogen and oxygen atoms in total. The summed E-state index contributed by atoms with van der Waals surface area (Å²) in [4.78, 5) is 16.3. The van der Waals surface area contributed by atoms with E-state index in [2.05, 4.69) is 44.0 Å². The molecule has 184 valence electrons. The average molecular weight is 474 g/mol. The van der Waals surface area contributed by atoms with Crippen LogP contribution in [0.25, 0.3) is 22.0 Å². The van der Waals surface area contributed by atoms with E-state index in [1.807, 2.05) is 12.1 Å². The Balaban J connectivity index is 1.74. The summed E-state index contributed by atoms with van der Waals surface area (Å²) in [7, 11) is 0. The lowest BCUT2D eigenvalue weighted by Gasteiger charge is -2.45. The van der Waals surface area contributed by atoms with Crippen LogP contribution in [0.2, 0.25) is 0 Å². The van der Waals surface area contributed by atoms with Gasteiger partial charge < -0.3 is 15.2 Å². The third-order valence-corrected chi connectivity index (χ3v) is 8.13. The van der Waals surface area contributed by atoms with E-state index in [0.717, 1.165) is 22.3 Å². The van der Waals surface area contributed by atoms with E-state index in [9.17, 15) is 15.0 Å². The van der Waals surface area contributed by atoms with Crippen molar-refractivity contribution in [3.63, 3.8) is 0 Å². The van der Waals surface area contributed by atoms with Gasteiger partial charge in [-0.3, -0.25) is 9.48 Å². The van der Waals surface area contributed by atoms with Gasteiger partial charge in [0.2, 0.25) is 0 Å². The van der Waals surface area contributed by atoms with Gasteiger partial charge in [-0.1, -0.05) is 49.3 Å². The van der Waals surface area contributed by atoms with Crippen LogP contribution in [0.4, 0.5) is 0 Å². The van der Waals surface area contributed by atoms with Crippen LogP contribution < -0.4 is 5.56 Å². The van der Waals surface area contributed by atoms with Gasteiger partial charge in [0, 0.05) is 17.7 Å². The van der Waals surface area contributed by atoms with Crippen molar-refractivity contribution in [1.82, 2.24) is 14.8 Å². The van der Waals surface area contributed by atoms with Gasteiger partial charge in [0.15, 0.2) is 0 Å². The van der Waals surface area contributed by atoms with Crippen molar-refractivity contribution in [3.8, 4) is 16.9 Å². The van der Waals surface area contributed by atoms with E-state index in [1.54, 1.807) is 23.0 Å². The molecule has 0 aliphatic heterocycles. The highest BCUT2D eigenvalue weighted by Gasteiger charge is 2.42. The lowest BCUT2D eigenvalue weighted by atomic mass is 9.59. The van der Waals surface area contributed by atoms with Gasteiger partial charge in [0.25, 0.3) is 5.56 Å². The number of aliphatic hydroxyl groups is 1. The van der Waals surface area contributed by atoms with Gasteiger partial charge in [-0.2, -0.15) is 5.10 Å². The monoisotopic (exact) mass is 473 g/mol. The molecule has 35 heavy (non-hydrogen) atoms. The second kappa shape index (κ2) is 9.50. The molecule has 1 aromatic carbocycles. The van der Waals surface area contributed by atoms with E-state index in [4.69, 9.17) is 5.10 Å². The maximum Gasteiger partial charge on any atom is 0.259 e. The Bertz CT molecular complexity index is 1330. The molecule has 1 saturated carbocycles. The number of fused-ring (bicyclic) bond motifs is 2. The first-order valence-electron chi connectivity index (χ1n) is 12.8. The molecule has 5 atom stereocenters. The number of phenols is 1. The summed E-state index contributed by atoms with van der Waals surface area (Å²) in [5, 5.41) is 25.2. The maximum absolute atomic E-state index is 13.3. The molecule has 6 heteroatoms. The number of allylic oxidation sites excluding steroid dienone is 4. The molecule has 0 saturated heterocycles. The highest BCUT2D eigenvalue weighted by atomic mass is 16.3. The van der Waals surface area contributed by atoms with E-state index in [-0.39, 0.29) is 29.8 Å². The summed E-state index contributed by atoms with van der Waals surface area (Å²) < 4.78 is 1.79. The largest absolute Gasteiger partial charge is 0.508 e. The number of hydrogen-bond donors (Lipinski definition) is 3. The first kappa shape index (κ1) is 23.6. The summed E-state index contributed by atoms with van der Waals surface area (Å²) in [6.07, 6.45) is 12.2. The highest BCUT2D eigenvalue weighted by molar-refractivity contribution is 5.95. The molecule has 2 heterocycles. The summed E-state index contributed by atoms with van der Waals surface area (Å²) >= 11 is 0. The second-order valence-corrected chi connectivity index (χ2v) is 10.4. The predicted octanol–water partition coefficient (Wildman–Crippen LogP) is 5.38.